The van der Waals surface area contributed by atoms with E-state index in [4.69, 9.17) is 4.74 Å². The molecular weight excluding hydrogens is 209 g/mol. The third-order valence-corrected chi connectivity index (χ3v) is 2.02. The van der Waals surface area contributed by atoms with Crippen LogP contribution in [0.15, 0.2) is 12.1 Å². The van der Waals surface area contributed by atoms with Crippen molar-refractivity contribution in [2.24, 2.45) is 0 Å². The quantitative estimate of drug-likeness (QED) is 0.762. The van der Waals surface area contributed by atoms with Gasteiger partial charge in [0, 0.05) is 0 Å². The molecule has 84 valence electrons. The first-order valence-corrected chi connectivity index (χ1v) is 4.20. The molecule has 0 aliphatic carbocycles. The molecule has 0 aromatic heterocycles. The second-order valence-electron chi connectivity index (χ2n) is 3.02. The van der Waals surface area contributed by atoms with Crippen molar-refractivity contribution in [2.75, 3.05) is 14.2 Å². The van der Waals surface area contributed by atoms with Gasteiger partial charge < -0.3 is 9.47 Å². The van der Waals surface area contributed by atoms with Crippen LogP contribution in [0.5, 0.6) is 11.5 Å². The number of ether oxygens (including phenoxy) is 2. The second kappa shape index (κ2) is 4.00. The smallest absolute Gasteiger partial charge is 0.420 e. The van der Waals surface area contributed by atoms with Crippen molar-refractivity contribution in [3.05, 3.63) is 23.3 Å². The predicted molar refractivity (Wildman–Crippen MR) is 49.3 cm³/mol. The van der Waals surface area contributed by atoms with Gasteiger partial charge in [-0.25, -0.2) is 0 Å². The van der Waals surface area contributed by atoms with Gasteiger partial charge >= 0.3 is 6.18 Å². The number of methoxy groups -OCH3 is 2. The summed E-state index contributed by atoms with van der Waals surface area (Å²) in [6.45, 7) is 1.65. The molecule has 0 aliphatic rings. The molecule has 1 aromatic carbocycles. The molecule has 2 nitrogen and oxygen atoms in total. The highest BCUT2D eigenvalue weighted by atomic mass is 19.4. The third-order valence-electron chi connectivity index (χ3n) is 2.02. The standard InChI is InChI=1S/C10H11F3O2/c1-6-4-9(15-3)7(10(11,12)13)5-8(6)14-2/h4-5H,1-3H3. The van der Waals surface area contributed by atoms with E-state index in [9.17, 15) is 13.2 Å². The minimum atomic E-state index is -4.44. The lowest BCUT2D eigenvalue weighted by molar-refractivity contribution is -0.138. The van der Waals surface area contributed by atoms with E-state index in [0.717, 1.165) is 6.07 Å². The molecule has 0 spiro atoms. The molecule has 1 rings (SSSR count). The van der Waals surface area contributed by atoms with Gasteiger partial charge in [-0.1, -0.05) is 0 Å². The Hall–Kier alpha value is -1.39. The maximum Gasteiger partial charge on any atom is 0.420 e. The van der Waals surface area contributed by atoms with Gasteiger partial charge in [0.05, 0.1) is 14.2 Å². The number of halogens is 3. The molecule has 0 radical (unpaired) electrons. The molecule has 0 saturated carbocycles. The predicted octanol–water partition coefficient (Wildman–Crippen LogP) is 3.03. The number of hydrogen-bond acceptors (Lipinski definition) is 2. The van der Waals surface area contributed by atoms with Crippen molar-refractivity contribution >= 4 is 0 Å². The molecule has 0 bridgehead atoms. The number of rotatable bonds is 2. The van der Waals surface area contributed by atoms with Gasteiger partial charge in [-0.3, -0.25) is 0 Å². The Labute approximate surface area is 85.6 Å². The Morgan fingerprint density at radius 1 is 1.00 bits per heavy atom. The second-order valence-corrected chi connectivity index (χ2v) is 3.02. The molecule has 0 aliphatic heterocycles. The van der Waals surface area contributed by atoms with Gasteiger partial charge in [-0.15, -0.1) is 0 Å². The first-order chi connectivity index (χ1) is 6.90. The summed E-state index contributed by atoms with van der Waals surface area (Å²) in [5, 5.41) is 0. The normalized spacial score (nSPS) is 11.3. The van der Waals surface area contributed by atoms with Gasteiger partial charge in [0.1, 0.15) is 17.1 Å². The maximum atomic E-state index is 12.5. The van der Waals surface area contributed by atoms with Crippen LogP contribution in [-0.4, -0.2) is 14.2 Å². The van der Waals surface area contributed by atoms with Crippen LogP contribution in [-0.2, 0) is 6.18 Å². The third kappa shape index (κ3) is 2.34. The molecule has 0 atom stereocenters. The summed E-state index contributed by atoms with van der Waals surface area (Å²) in [7, 11) is 2.53. The van der Waals surface area contributed by atoms with E-state index in [1.54, 1.807) is 6.92 Å². The average Bonchev–Trinajstić information content (AvgIpc) is 2.15. The molecule has 0 fully saturated rings. The van der Waals surface area contributed by atoms with E-state index in [0.29, 0.717) is 5.56 Å². The van der Waals surface area contributed by atoms with Crippen molar-refractivity contribution in [2.45, 2.75) is 13.1 Å². The topological polar surface area (TPSA) is 18.5 Å². The summed E-state index contributed by atoms with van der Waals surface area (Å²) < 4.78 is 47.1. The van der Waals surface area contributed by atoms with Crippen LogP contribution in [0.4, 0.5) is 13.2 Å². The van der Waals surface area contributed by atoms with Crippen molar-refractivity contribution in [1.82, 2.24) is 0 Å². The first kappa shape index (κ1) is 11.7. The lowest BCUT2D eigenvalue weighted by Gasteiger charge is -2.14. The molecule has 15 heavy (non-hydrogen) atoms. The highest BCUT2D eigenvalue weighted by Gasteiger charge is 2.35. The molecule has 5 heteroatoms. The SMILES string of the molecule is COc1cc(C(F)(F)F)c(OC)cc1C. The van der Waals surface area contributed by atoms with E-state index in [1.165, 1.54) is 20.3 Å². The lowest BCUT2D eigenvalue weighted by atomic mass is 10.1. The van der Waals surface area contributed by atoms with Crippen molar-refractivity contribution in [3.8, 4) is 11.5 Å². The van der Waals surface area contributed by atoms with E-state index >= 15 is 0 Å². The van der Waals surface area contributed by atoms with Gasteiger partial charge in [-0.2, -0.15) is 13.2 Å². The highest BCUT2D eigenvalue weighted by molar-refractivity contribution is 5.47. The fourth-order valence-electron chi connectivity index (χ4n) is 1.27. The molecule has 0 N–H and O–H groups in total. The Morgan fingerprint density at radius 3 is 1.93 bits per heavy atom. The number of hydrogen-bond donors (Lipinski definition) is 0. The molecule has 0 amide bonds. The van der Waals surface area contributed by atoms with Gasteiger partial charge in [0.15, 0.2) is 0 Å². The first-order valence-electron chi connectivity index (χ1n) is 4.20. The molecule has 0 heterocycles. The molecule has 0 unspecified atom stereocenters. The fourth-order valence-corrected chi connectivity index (χ4v) is 1.27. The Balaban J connectivity index is 3.36. The van der Waals surface area contributed by atoms with Crippen molar-refractivity contribution < 1.29 is 22.6 Å². The van der Waals surface area contributed by atoms with Crippen LogP contribution < -0.4 is 9.47 Å². The molecule has 1 aromatic rings. The zero-order valence-corrected chi connectivity index (χ0v) is 8.61. The van der Waals surface area contributed by atoms with Crippen LogP contribution in [0.25, 0.3) is 0 Å². The summed E-state index contributed by atoms with van der Waals surface area (Å²) in [6.07, 6.45) is -4.44. The Kier molecular flexibility index (Phi) is 3.12. The lowest BCUT2D eigenvalue weighted by Crippen LogP contribution is -2.08. The molecular formula is C10H11F3O2. The van der Waals surface area contributed by atoms with Crippen molar-refractivity contribution in [1.29, 1.82) is 0 Å². The monoisotopic (exact) mass is 220 g/mol. The largest absolute Gasteiger partial charge is 0.496 e. The van der Waals surface area contributed by atoms with Crippen LogP contribution in [0.3, 0.4) is 0 Å². The van der Waals surface area contributed by atoms with Crippen LogP contribution >= 0.6 is 0 Å². The Morgan fingerprint density at radius 2 is 1.53 bits per heavy atom. The summed E-state index contributed by atoms with van der Waals surface area (Å²) in [6, 6.07) is 2.25. The zero-order chi connectivity index (χ0) is 11.6. The summed E-state index contributed by atoms with van der Waals surface area (Å²) in [5.74, 6) is 0.00363. The fraction of sp³-hybridized carbons (Fsp3) is 0.400. The minimum absolute atomic E-state index is 0.194. The summed E-state index contributed by atoms with van der Waals surface area (Å²) in [4.78, 5) is 0. The minimum Gasteiger partial charge on any atom is -0.496 e. The van der Waals surface area contributed by atoms with Gasteiger partial charge in [0.25, 0.3) is 0 Å². The summed E-state index contributed by atoms with van der Waals surface area (Å²) in [5.41, 5.74) is -0.227. The number of alkyl halides is 3. The maximum absolute atomic E-state index is 12.5. The zero-order valence-electron chi connectivity index (χ0n) is 8.61. The van der Waals surface area contributed by atoms with Gasteiger partial charge in [-0.05, 0) is 24.6 Å². The number of benzene rings is 1. The number of aryl methyl sites for hydroxylation is 1. The highest BCUT2D eigenvalue weighted by Crippen LogP contribution is 2.39. The average molecular weight is 220 g/mol. The van der Waals surface area contributed by atoms with E-state index in [-0.39, 0.29) is 11.5 Å². The van der Waals surface area contributed by atoms with Crippen LogP contribution in [0.2, 0.25) is 0 Å². The van der Waals surface area contributed by atoms with E-state index in [2.05, 4.69) is 4.74 Å². The summed E-state index contributed by atoms with van der Waals surface area (Å²) >= 11 is 0. The van der Waals surface area contributed by atoms with Crippen LogP contribution in [0.1, 0.15) is 11.1 Å². The van der Waals surface area contributed by atoms with Gasteiger partial charge in [0.2, 0.25) is 0 Å². The van der Waals surface area contributed by atoms with E-state index in [1.807, 2.05) is 0 Å². The van der Waals surface area contributed by atoms with E-state index < -0.39 is 11.7 Å². The van der Waals surface area contributed by atoms with Crippen LogP contribution in [0, 0.1) is 6.92 Å². The van der Waals surface area contributed by atoms with Crippen molar-refractivity contribution in [3.63, 3.8) is 0 Å². The molecule has 0 saturated heterocycles. The Bertz CT molecular complexity index is 358.